The maximum atomic E-state index is 5.84. The lowest BCUT2D eigenvalue weighted by Crippen LogP contribution is -2.43. The van der Waals surface area contributed by atoms with E-state index in [2.05, 4.69) is 58.0 Å². The maximum Gasteiger partial charge on any atom is 0.189 e. The molecule has 17 heavy (non-hydrogen) atoms. The average Bonchev–Trinajstić information content (AvgIpc) is 2.25. The van der Waals surface area contributed by atoms with Gasteiger partial charge in [-0.1, -0.05) is 12.1 Å². The number of nitrogens with one attached hydrogen (secondary N) is 1. The van der Waals surface area contributed by atoms with Gasteiger partial charge in [-0.15, -0.1) is 0 Å². The lowest BCUT2D eigenvalue weighted by molar-refractivity contribution is 0.382. The molecule has 1 aromatic carbocycles. The lowest BCUT2D eigenvalue weighted by Gasteiger charge is -2.26. The molecule has 92 valence electrons. The number of nitrogens with zero attached hydrogens (tertiary/aromatic N) is 1. The summed E-state index contributed by atoms with van der Waals surface area (Å²) in [6.45, 7) is 2.77. The molecule has 0 spiro atoms. The van der Waals surface area contributed by atoms with Crippen LogP contribution in [-0.2, 0) is 6.54 Å². The molecule has 0 bridgehead atoms. The van der Waals surface area contributed by atoms with Crippen LogP contribution in [0.4, 0.5) is 0 Å². The van der Waals surface area contributed by atoms with E-state index in [1.165, 1.54) is 34.0 Å². The van der Waals surface area contributed by atoms with Crippen molar-refractivity contribution in [2.45, 2.75) is 38.8 Å². The van der Waals surface area contributed by atoms with Gasteiger partial charge in [0, 0.05) is 9.61 Å². The summed E-state index contributed by atoms with van der Waals surface area (Å²) in [6, 6.07) is 6.95. The van der Waals surface area contributed by atoms with Crippen LogP contribution in [0.1, 0.15) is 30.4 Å². The first-order valence-electron chi connectivity index (χ1n) is 5.96. The van der Waals surface area contributed by atoms with Crippen molar-refractivity contribution in [2.24, 2.45) is 10.7 Å². The Labute approximate surface area is 116 Å². The molecule has 2 rings (SSSR count). The minimum Gasteiger partial charge on any atom is -0.370 e. The van der Waals surface area contributed by atoms with Crippen molar-refractivity contribution in [1.82, 2.24) is 5.32 Å². The second-order valence-electron chi connectivity index (χ2n) is 4.56. The molecule has 0 atom stereocenters. The average molecular weight is 343 g/mol. The summed E-state index contributed by atoms with van der Waals surface area (Å²) in [5.74, 6) is 0.575. The molecular formula is C13H18IN3. The number of aryl methyl sites for hydroxylation is 1. The molecule has 0 heterocycles. The van der Waals surface area contributed by atoms with E-state index in [9.17, 15) is 0 Å². The summed E-state index contributed by atoms with van der Waals surface area (Å²) in [5, 5.41) is 3.24. The van der Waals surface area contributed by atoms with E-state index in [-0.39, 0.29) is 0 Å². The Balaban J connectivity index is 1.90. The van der Waals surface area contributed by atoms with E-state index < -0.39 is 0 Å². The largest absolute Gasteiger partial charge is 0.370 e. The zero-order valence-corrected chi connectivity index (χ0v) is 12.2. The summed E-state index contributed by atoms with van der Waals surface area (Å²) in [6.07, 6.45) is 3.75. The minimum atomic E-state index is 0.553. The summed E-state index contributed by atoms with van der Waals surface area (Å²) in [7, 11) is 0. The van der Waals surface area contributed by atoms with Crippen LogP contribution in [0.15, 0.2) is 23.2 Å². The number of rotatable bonds is 3. The molecule has 0 radical (unpaired) electrons. The Morgan fingerprint density at radius 1 is 1.53 bits per heavy atom. The minimum absolute atomic E-state index is 0.553. The van der Waals surface area contributed by atoms with Crippen LogP contribution in [-0.4, -0.2) is 12.0 Å². The molecule has 0 amide bonds. The van der Waals surface area contributed by atoms with Gasteiger partial charge in [0.05, 0.1) is 6.54 Å². The van der Waals surface area contributed by atoms with Crippen molar-refractivity contribution >= 4 is 28.6 Å². The molecule has 1 aliphatic carbocycles. The predicted octanol–water partition coefficient (Wildman–Crippen LogP) is 2.56. The van der Waals surface area contributed by atoms with Gasteiger partial charge in [-0.3, -0.25) is 0 Å². The van der Waals surface area contributed by atoms with E-state index in [0.717, 1.165) is 0 Å². The first-order valence-corrected chi connectivity index (χ1v) is 7.04. The van der Waals surface area contributed by atoms with E-state index >= 15 is 0 Å². The van der Waals surface area contributed by atoms with E-state index in [4.69, 9.17) is 5.73 Å². The third-order valence-corrected chi connectivity index (χ3v) is 4.32. The van der Waals surface area contributed by atoms with Gasteiger partial charge >= 0.3 is 0 Å². The molecular weight excluding hydrogens is 325 g/mol. The normalized spacial score (nSPS) is 16.7. The molecule has 1 saturated carbocycles. The van der Waals surface area contributed by atoms with Gasteiger partial charge in [-0.2, -0.15) is 0 Å². The van der Waals surface area contributed by atoms with Crippen LogP contribution < -0.4 is 11.1 Å². The van der Waals surface area contributed by atoms with Gasteiger partial charge in [0.15, 0.2) is 5.96 Å². The van der Waals surface area contributed by atoms with Gasteiger partial charge in [0.1, 0.15) is 0 Å². The SMILES string of the molecule is Cc1cc(CN=C(N)NC2CCC2)ccc1I. The summed E-state index contributed by atoms with van der Waals surface area (Å²) >= 11 is 2.34. The first kappa shape index (κ1) is 12.7. The quantitative estimate of drug-likeness (QED) is 0.504. The molecule has 0 aromatic heterocycles. The van der Waals surface area contributed by atoms with Crippen LogP contribution in [0.5, 0.6) is 0 Å². The third-order valence-electron chi connectivity index (χ3n) is 3.11. The molecule has 4 heteroatoms. The number of guanidine groups is 1. The second-order valence-corrected chi connectivity index (χ2v) is 5.72. The number of benzene rings is 1. The lowest BCUT2D eigenvalue weighted by atomic mass is 9.93. The highest BCUT2D eigenvalue weighted by Crippen LogP contribution is 2.17. The molecule has 1 fully saturated rings. The predicted molar refractivity (Wildman–Crippen MR) is 80.0 cm³/mol. The Hall–Kier alpha value is -0.780. The van der Waals surface area contributed by atoms with Crippen LogP contribution >= 0.6 is 22.6 Å². The van der Waals surface area contributed by atoms with Crippen LogP contribution in [0.3, 0.4) is 0 Å². The Kier molecular flexibility index (Phi) is 4.25. The highest BCUT2D eigenvalue weighted by atomic mass is 127. The molecule has 0 unspecified atom stereocenters. The molecule has 0 aliphatic heterocycles. The molecule has 1 aliphatic rings. The smallest absolute Gasteiger partial charge is 0.189 e. The first-order chi connectivity index (χ1) is 8.15. The van der Waals surface area contributed by atoms with Crippen molar-refractivity contribution in [2.75, 3.05) is 0 Å². The fourth-order valence-corrected chi connectivity index (χ4v) is 2.12. The topological polar surface area (TPSA) is 50.4 Å². The second kappa shape index (κ2) is 5.71. The Morgan fingerprint density at radius 3 is 2.88 bits per heavy atom. The van der Waals surface area contributed by atoms with Gasteiger partial charge < -0.3 is 11.1 Å². The summed E-state index contributed by atoms with van der Waals surface area (Å²) in [5.41, 5.74) is 8.34. The van der Waals surface area contributed by atoms with Gasteiger partial charge in [-0.05, 0) is 66.0 Å². The fraction of sp³-hybridized carbons (Fsp3) is 0.462. The number of aliphatic imine (C=N–C) groups is 1. The molecule has 3 N–H and O–H groups in total. The van der Waals surface area contributed by atoms with Gasteiger partial charge in [0.2, 0.25) is 0 Å². The van der Waals surface area contributed by atoms with Crippen molar-refractivity contribution in [1.29, 1.82) is 0 Å². The van der Waals surface area contributed by atoms with E-state index in [0.29, 0.717) is 18.5 Å². The molecule has 0 saturated heterocycles. The Bertz CT molecular complexity index is 425. The van der Waals surface area contributed by atoms with Gasteiger partial charge in [0.25, 0.3) is 0 Å². The summed E-state index contributed by atoms with van der Waals surface area (Å²) < 4.78 is 1.29. The highest BCUT2D eigenvalue weighted by Gasteiger charge is 2.16. The van der Waals surface area contributed by atoms with Crippen LogP contribution in [0.2, 0.25) is 0 Å². The monoisotopic (exact) mass is 343 g/mol. The number of halogens is 1. The zero-order chi connectivity index (χ0) is 12.3. The van der Waals surface area contributed by atoms with Crippen molar-refractivity contribution in [3.63, 3.8) is 0 Å². The van der Waals surface area contributed by atoms with Crippen molar-refractivity contribution in [3.05, 3.63) is 32.9 Å². The molecule has 1 aromatic rings. The van der Waals surface area contributed by atoms with Crippen molar-refractivity contribution in [3.8, 4) is 0 Å². The van der Waals surface area contributed by atoms with E-state index in [1.807, 2.05) is 0 Å². The zero-order valence-electron chi connectivity index (χ0n) is 10.0. The summed E-state index contributed by atoms with van der Waals surface area (Å²) in [4.78, 5) is 4.37. The van der Waals surface area contributed by atoms with E-state index in [1.54, 1.807) is 0 Å². The fourth-order valence-electron chi connectivity index (χ4n) is 1.79. The third kappa shape index (κ3) is 3.59. The molecule has 3 nitrogen and oxygen atoms in total. The number of hydrogen-bond donors (Lipinski definition) is 2. The number of hydrogen-bond acceptors (Lipinski definition) is 1. The van der Waals surface area contributed by atoms with Crippen molar-refractivity contribution < 1.29 is 0 Å². The highest BCUT2D eigenvalue weighted by molar-refractivity contribution is 14.1. The van der Waals surface area contributed by atoms with Crippen LogP contribution in [0.25, 0.3) is 0 Å². The maximum absolute atomic E-state index is 5.84. The van der Waals surface area contributed by atoms with Crippen LogP contribution in [0, 0.1) is 10.5 Å². The standard InChI is InChI=1S/C13H18IN3/c1-9-7-10(5-6-12(9)14)8-16-13(15)17-11-3-2-4-11/h5-7,11H,2-4,8H2,1H3,(H3,15,16,17). The number of nitrogens with two attached hydrogens (primary N) is 1. The Morgan fingerprint density at radius 2 is 2.29 bits per heavy atom. The van der Waals surface area contributed by atoms with Gasteiger partial charge in [-0.25, -0.2) is 4.99 Å².